The first-order valence-electron chi connectivity index (χ1n) is 7.69. The standard InChI is InChI=1S/C15H32N2O/c1-5-9-16-15(13(3)6-2)12-17-10-7-8-14(11-17)18-4/h13-16H,5-12H2,1-4H3. The molecule has 1 heterocycles. The summed E-state index contributed by atoms with van der Waals surface area (Å²) in [6.07, 6.45) is 5.42. The van der Waals surface area contributed by atoms with E-state index < -0.39 is 0 Å². The SMILES string of the molecule is CCCNC(CN1CCCC(OC)C1)C(C)CC. The lowest BCUT2D eigenvalue weighted by atomic mass is 9.97. The van der Waals surface area contributed by atoms with E-state index in [1.54, 1.807) is 0 Å². The average molecular weight is 256 g/mol. The zero-order valence-electron chi connectivity index (χ0n) is 12.7. The predicted molar refractivity (Wildman–Crippen MR) is 78.0 cm³/mol. The summed E-state index contributed by atoms with van der Waals surface area (Å²) in [4.78, 5) is 2.58. The minimum atomic E-state index is 0.447. The van der Waals surface area contributed by atoms with E-state index in [1.807, 2.05) is 7.11 Å². The van der Waals surface area contributed by atoms with Crippen molar-refractivity contribution in [2.75, 3.05) is 33.3 Å². The van der Waals surface area contributed by atoms with Gasteiger partial charge in [-0.15, -0.1) is 0 Å². The van der Waals surface area contributed by atoms with Crippen LogP contribution < -0.4 is 5.32 Å². The second-order valence-electron chi connectivity index (χ2n) is 5.71. The summed E-state index contributed by atoms with van der Waals surface area (Å²) < 4.78 is 5.51. The minimum absolute atomic E-state index is 0.447. The summed E-state index contributed by atoms with van der Waals surface area (Å²) in [6.45, 7) is 11.6. The molecule has 1 aliphatic rings. The molecule has 3 unspecified atom stereocenters. The molecule has 3 atom stereocenters. The largest absolute Gasteiger partial charge is 0.380 e. The molecule has 0 amide bonds. The van der Waals surface area contributed by atoms with Gasteiger partial charge in [0.1, 0.15) is 0 Å². The first-order valence-corrected chi connectivity index (χ1v) is 7.69. The van der Waals surface area contributed by atoms with Crippen molar-refractivity contribution in [2.24, 2.45) is 5.92 Å². The van der Waals surface area contributed by atoms with Crippen LogP contribution in [-0.4, -0.2) is 50.3 Å². The number of nitrogens with zero attached hydrogens (tertiary/aromatic N) is 1. The molecular formula is C15H32N2O. The van der Waals surface area contributed by atoms with Crippen LogP contribution in [0.3, 0.4) is 0 Å². The van der Waals surface area contributed by atoms with Gasteiger partial charge in [-0.3, -0.25) is 4.90 Å². The van der Waals surface area contributed by atoms with Crippen LogP contribution >= 0.6 is 0 Å². The summed E-state index contributed by atoms with van der Waals surface area (Å²) in [5.74, 6) is 0.750. The molecule has 3 heteroatoms. The Morgan fingerprint density at radius 2 is 2.17 bits per heavy atom. The molecule has 0 bridgehead atoms. The van der Waals surface area contributed by atoms with Crippen molar-refractivity contribution in [3.63, 3.8) is 0 Å². The van der Waals surface area contributed by atoms with E-state index in [1.165, 1.54) is 38.8 Å². The van der Waals surface area contributed by atoms with E-state index in [4.69, 9.17) is 4.74 Å². The number of rotatable bonds is 8. The van der Waals surface area contributed by atoms with E-state index in [-0.39, 0.29) is 0 Å². The van der Waals surface area contributed by atoms with Gasteiger partial charge in [0.05, 0.1) is 6.10 Å². The van der Waals surface area contributed by atoms with Crippen molar-refractivity contribution in [2.45, 2.75) is 58.6 Å². The number of hydrogen-bond acceptors (Lipinski definition) is 3. The van der Waals surface area contributed by atoms with Crippen molar-refractivity contribution in [3.8, 4) is 0 Å². The lowest BCUT2D eigenvalue weighted by molar-refractivity contribution is 0.0257. The van der Waals surface area contributed by atoms with Crippen molar-refractivity contribution >= 4 is 0 Å². The van der Waals surface area contributed by atoms with Crippen LogP contribution in [0.2, 0.25) is 0 Å². The smallest absolute Gasteiger partial charge is 0.0698 e. The van der Waals surface area contributed by atoms with Crippen molar-refractivity contribution in [1.82, 2.24) is 10.2 Å². The summed E-state index contributed by atoms with van der Waals surface area (Å²) in [5, 5.41) is 3.72. The van der Waals surface area contributed by atoms with Gasteiger partial charge >= 0.3 is 0 Å². The van der Waals surface area contributed by atoms with Gasteiger partial charge in [0.25, 0.3) is 0 Å². The maximum atomic E-state index is 5.51. The first-order chi connectivity index (χ1) is 8.71. The highest BCUT2D eigenvalue weighted by Gasteiger charge is 2.23. The number of likely N-dealkylation sites (tertiary alicyclic amines) is 1. The van der Waals surface area contributed by atoms with E-state index in [0.717, 1.165) is 19.0 Å². The van der Waals surface area contributed by atoms with Crippen LogP contribution in [0.1, 0.15) is 46.5 Å². The molecule has 0 radical (unpaired) electrons. The van der Waals surface area contributed by atoms with Gasteiger partial charge in [-0.2, -0.15) is 0 Å². The average Bonchev–Trinajstić information content (AvgIpc) is 2.42. The predicted octanol–water partition coefficient (Wildman–Crippen LogP) is 2.51. The number of hydrogen-bond donors (Lipinski definition) is 1. The third-order valence-electron chi connectivity index (χ3n) is 4.24. The van der Waals surface area contributed by atoms with E-state index in [9.17, 15) is 0 Å². The monoisotopic (exact) mass is 256 g/mol. The van der Waals surface area contributed by atoms with Gasteiger partial charge in [0.15, 0.2) is 0 Å². The van der Waals surface area contributed by atoms with Gasteiger partial charge in [-0.1, -0.05) is 27.2 Å². The molecule has 1 rings (SSSR count). The van der Waals surface area contributed by atoms with Crippen LogP contribution in [0.25, 0.3) is 0 Å². The maximum Gasteiger partial charge on any atom is 0.0698 e. The van der Waals surface area contributed by atoms with Gasteiger partial charge in [-0.05, 0) is 38.3 Å². The maximum absolute atomic E-state index is 5.51. The molecule has 0 aliphatic carbocycles. The van der Waals surface area contributed by atoms with E-state index in [2.05, 4.69) is 31.0 Å². The quantitative estimate of drug-likeness (QED) is 0.722. The molecule has 0 spiro atoms. The molecule has 1 aliphatic heterocycles. The second kappa shape index (κ2) is 8.89. The Labute approximate surface area is 113 Å². The van der Waals surface area contributed by atoms with Gasteiger partial charge in [-0.25, -0.2) is 0 Å². The highest BCUT2D eigenvalue weighted by molar-refractivity contribution is 4.81. The van der Waals surface area contributed by atoms with E-state index in [0.29, 0.717) is 12.1 Å². The van der Waals surface area contributed by atoms with Gasteiger partial charge < -0.3 is 10.1 Å². The number of ether oxygens (including phenoxy) is 1. The molecule has 1 saturated heterocycles. The molecule has 0 saturated carbocycles. The molecule has 18 heavy (non-hydrogen) atoms. The fourth-order valence-electron chi connectivity index (χ4n) is 2.71. The second-order valence-corrected chi connectivity index (χ2v) is 5.71. The summed E-state index contributed by atoms with van der Waals surface area (Å²) in [6, 6.07) is 0.630. The molecule has 3 nitrogen and oxygen atoms in total. The fraction of sp³-hybridized carbons (Fsp3) is 1.00. The molecule has 0 aromatic rings. The number of methoxy groups -OCH3 is 1. The van der Waals surface area contributed by atoms with Crippen molar-refractivity contribution < 1.29 is 4.74 Å². The first kappa shape index (κ1) is 15.9. The zero-order chi connectivity index (χ0) is 13.4. The topological polar surface area (TPSA) is 24.5 Å². The van der Waals surface area contributed by atoms with Crippen LogP contribution in [0, 0.1) is 5.92 Å². The van der Waals surface area contributed by atoms with Crippen LogP contribution in [0.4, 0.5) is 0 Å². The fourth-order valence-corrected chi connectivity index (χ4v) is 2.71. The van der Waals surface area contributed by atoms with E-state index >= 15 is 0 Å². The Kier molecular flexibility index (Phi) is 7.87. The normalized spacial score (nSPS) is 25.0. The Bertz CT molecular complexity index is 211. The Morgan fingerprint density at radius 3 is 2.78 bits per heavy atom. The summed E-state index contributed by atoms with van der Waals surface area (Å²) >= 11 is 0. The Balaban J connectivity index is 2.43. The van der Waals surface area contributed by atoms with Crippen LogP contribution in [0.15, 0.2) is 0 Å². The Morgan fingerprint density at radius 1 is 1.39 bits per heavy atom. The minimum Gasteiger partial charge on any atom is -0.380 e. The lowest BCUT2D eigenvalue weighted by Crippen LogP contribution is -2.49. The summed E-state index contributed by atoms with van der Waals surface area (Å²) in [7, 11) is 1.84. The van der Waals surface area contributed by atoms with Crippen LogP contribution in [0.5, 0.6) is 0 Å². The van der Waals surface area contributed by atoms with Gasteiger partial charge in [0, 0.05) is 26.2 Å². The molecule has 1 N–H and O–H groups in total. The molecule has 0 aromatic carbocycles. The zero-order valence-corrected chi connectivity index (χ0v) is 12.7. The summed E-state index contributed by atoms with van der Waals surface area (Å²) in [5.41, 5.74) is 0. The Hall–Kier alpha value is -0.120. The highest BCUT2D eigenvalue weighted by atomic mass is 16.5. The van der Waals surface area contributed by atoms with Crippen molar-refractivity contribution in [1.29, 1.82) is 0 Å². The molecule has 0 aromatic heterocycles. The molecule has 108 valence electrons. The lowest BCUT2D eigenvalue weighted by Gasteiger charge is -2.36. The van der Waals surface area contributed by atoms with Crippen molar-refractivity contribution in [3.05, 3.63) is 0 Å². The third kappa shape index (κ3) is 5.25. The molecular weight excluding hydrogens is 224 g/mol. The number of piperidine rings is 1. The number of nitrogens with one attached hydrogen (secondary N) is 1. The third-order valence-corrected chi connectivity index (χ3v) is 4.24. The van der Waals surface area contributed by atoms with Gasteiger partial charge in [0.2, 0.25) is 0 Å². The highest BCUT2D eigenvalue weighted by Crippen LogP contribution is 2.16. The molecule has 1 fully saturated rings. The van der Waals surface area contributed by atoms with Crippen LogP contribution in [-0.2, 0) is 4.74 Å².